The molecule has 1 amide bonds. The molecule has 1 unspecified atom stereocenters. The quantitative estimate of drug-likeness (QED) is 0.839. The molecular weight excluding hydrogens is 316 g/mol. The zero-order valence-corrected chi connectivity index (χ0v) is 14.9. The summed E-state index contributed by atoms with van der Waals surface area (Å²) in [5.74, 6) is 1.45. The summed E-state index contributed by atoms with van der Waals surface area (Å²) >= 11 is 0. The van der Waals surface area contributed by atoms with Crippen LogP contribution < -0.4 is 14.4 Å². The molecule has 5 nitrogen and oxygen atoms in total. The lowest BCUT2D eigenvalue weighted by molar-refractivity contribution is -0.125. The van der Waals surface area contributed by atoms with E-state index >= 15 is 0 Å². The van der Waals surface area contributed by atoms with Crippen LogP contribution in [0.25, 0.3) is 0 Å². The van der Waals surface area contributed by atoms with Gasteiger partial charge in [0.05, 0.1) is 25.9 Å². The normalized spacial score (nSPS) is 18.3. The van der Waals surface area contributed by atoms with Crippen molar-refractivity contribution in [2.45, 2.75) is 19.5 Å². The minimum Gasteiger partial charge on any atom is -0.497 e. The van der Waals surface area contributed by atoms with Crippen molar-refractivity contribution >= 4 is 11.6 Å². The standard InChI is InChI=1S/C20H24N2O3/c1-15-20(23)22(18-10-9-17(24-2)13-19(18)25-3)12-11-21(15)14-16-7-5-4-6-8-16/h4-10,13,15H,11-12,14H2,1-3H3. The predicted octanol–water partition coefficient (Wildman–Crippen LogP) is 2.94. The van der Waals surface area contributed by atoms with Crippen molar-refractivity contribution in [1.82, 2.24) is 4.90 Å². The van der Waals surface area contributed by atoms with Crippen molar-refractivity contribution in [3.8, 4) is 11.5 Å². The third-order valence-electron chi connectivity index (χ3n) is 4.69. The molecule has 0 saturated carbocycles. The number of anilines is 1. The largest absolute Gasteiger partial charge is 0.497 e. The lowest BCUT2D eigenvalue weighted by atomic mass is 10.1. The van der Waals surface area contributed by atoms with Gasteiger partial charge in [-0.25, -0.2) is 0 Å². The maximum absolute atomic E-state index is 12.9. The summed E-state index contributed by atoms with van der Waals surface area (Å²) in [7, 11) is 3.22. The fourth-order valence-electron chi connectivity index (χ4n) is 3.19. The number of benzene rings is 2. The smallest absolute Gasteiger partial charge is 0.244 e. The number of amides is 1. The van der Waals surface area contributed by atoms with E-state index in [1.165, 1.54) is 5.56 Å². The number of carbonyl (C=O) groups is 1. The molecule has 5 heteroatoms. The second-order valence-corrected chi connectivity index (χ2v) is 6.16. The van der Waals surface area contributed by atoms with Gasteiger partial charge in [0, 0.05) is 25.7 Å². The summed E-state index contributed by atoms with van der Waals surface area (Å²) in [5.41, 5.74) is 2.01. The van der Waals surface area contributed by atoms with Crippen LogP contribution in [0.2, 0.25) is 0 Å². The summed E-state index contributed by atoms with van der Waals surface area (Å²) in [6.45, 7) is 4.20. The molecule has 0 radical (unpaired) electrons. The van der Waals surface area contributed by atoms with Gasteiger partial charge >= 0.3 is 0 Å². The fourth-order valence-corrected chi connectivity index (χ4v) is 3.19. The molecule has 3 rings (SSSR count). The summed E-state index contributed by atoms with van der Waals surface area (Å²) < 4.78 is 10.7. The lowest BCUT2D eigenvalue weighted by Gasteiger charge is -2.39. The zero-order valence-electron chi connectivity index (χ0n) is 14.9. The first-order chi connectivity index (χ1) is 12.1. The number of carbonyl (C=O) groups excluding carboxylic acids is 1. The third kappa shape index (κ3) is 3.61. The van der Waals surface area contributed by atoms with E-state index in [-0.39, 0.29) is 11.9 Å². The summed E-state index contributed by atoms with van der Waals surface area (Å²) in [6.07, 6.45) is 0. The van der Waals surface area contributed by atoms with Crippen molar-refractivity contribution in [1.29, 1.82) is 0 Å². The highest BCUT2D eigenvalue weighted by molar-refractivity contribution is 5.99. The van der Waals surface area contributed by atoms with Gasteiger partial charge in [-0.3, -0.25) is 9.69 Å². The summed E-state index contributed by atoms with van der Waals surface area (Å²) in [6, 6.07) is 15.6. The zero-order chi connectivity index (χ0) is 17.8. The van der Waals surface area contributed by atoms with E-state index in [1.54, 1.807) is 14.2 Å². The Morgan fingerprint density at radius 1 is 1.04 bits per heavy atom. The molecule has 0 aromatic heterocycles. The van der Waals surface area contributed by atoms with Gasteiger partial charge in [-0.1, -0.05) is 30.3 Å². The van der Waals surface area contributed by atoms with E-state index in [4.69, 9.17) is 9.47 Å². The number of hydrogen-bond acceptors (Lipinski definition) is 4. The molecule has 2 aromatic carbocycles. The minimum absolute atomic E-state index is 0.0886. The van der Waals surface area contributed by atoms with Crippen molar-refractivity contribution in [2.75, 3.05) is 32.2 Å². The van der Waals surface area contributed by atoms with Crippen LogP contribution in [0.15, 0.2) is 48.5 Å². The van der Waals surface area contributed by atoms with E-state index in [0.29, 0.717) is 18.0 Å². The van der Waals surface area contributed by atoms with Gasteiger partial charge in [-0.15, -0.1) is 0 Å². The molecule has 132 valence electrons. The van der Waals surface area contributed by atoms with E-state index < -0.39 is 0 Å². The fraction of sp³-hybridized carbons (Fsp3) is 0.350. The van der Waals surface area contributed by atoms with Crippen LogP contribution in [0.3, 0.4) is 0 Å². The third-order valence-corrected chi connectivity index (χ3v) is 4.69. The predicted molar refractivity (Wildman–Crippen MR) is 98.2 cm³/mol. The first-order valence-corrected chi connectivity index (χ1v) is 8.45. The van der Waals surface area contributed by atoms with E-state index in [1.807, 2.05) is 48.2 Å². The van der Waals surface area contributed by atoms with Gasteiger partial charge in [-0.2, -0.15) is 0 Å². The molecule has 1 aliphatic rings. The van der Waals surface area contributed by atoms with Crippen LogP contribution in [0.5, 0.6) is 11.5 Å². The number of piperazine rings is 1. The monoisotopic (exact) mass is 340 g/mol. The molecule has 0 spiro atoms. The molecule has 0 bridgehead atoms. The van der Waals surface area contributed by atoms with Crippen molar-refractivity contribution in [3.05, 3.63) is 54.1 Å². The van der Waals surface area contributed by atoms with E-state index in [9.17, 15) is 4.79 Å². The number of methoxy groups -OCH3 is 2. The summed E-state index contributed by atoms with van der Waals surface area (Å²) in [5, 5.41) is 0. The molecule has 25 heavy (non-hydrogen) atoms. The van der Waals surface area contributed by atoms with Crippen LogP contribution in [0.4, 0.5) is 5.69 Å². The maximum Gasteiger partial charge on any atom is 0.244 e. The Morgan fingerprint density at radius 2 is 1.80 bits per heavy atom. The maximum atomic E-state index is 12.9. The Kier molecular flexibility index (Phi) is 5.24. The minimum atomic E-state index is -0.180. The molecule has 0 N–H and O–H groups in total. The number of ether oxygens (including phenoxy) is 2. The molecule has 2 aromatic rings. The van der Waals surface area contributed by atoms with Gasteiger partial charge in [0.25, 0.3) is 0 Å². The average Bonchev–Trinajstić information content (AvgIpc) is 2.66. The lowest BCUT2D eigenvalue weighted by Crippen LogP contribution is -2.55. The molecule has 1 saturated heterocycles. The summed E-state index contributed by atoms with van der Waals surface area (Å²) in [4.78, 5) is 17.0. The molecule has 1 atom stereocenters. The van der Waals surface area contributed by atoms with Crippen molar-refractivity contribution in [2.24, 2.45) is 0 Å². The Labute approximate surface area is 148 Å². The molecule has 1 fully saturated rings. The van der Waals surface area contributed by atoms with Crippen LogP contribution >= 0.6 is 0 Å². The Hall–Kier alpha value is -2.53. The molecule has 1 aliphatic heterocycles. The van der Waals surface area contributed by atoms with Gasteiger partial charge in [0.1, 0.15) is 11.5 Å². The SMILES string of the molecule is COc1ccc(N2CCN(Cc3ccccc3)C(C)C2=O)c(OC)c1. The van der Waals surface area contributed by atoms with Crippen LogP contribution in [-0.2, 0) is 11.3 Å². The first kappa shape index (κ1) is 17.3. The highest BCUT2D eigenvalue weighted by Gasteiger charge is 2.33. The van der Waals surface area contributed by atoms with Crippen LogP contribution in [0.1, 0.15) is 12.5 Å². The number of nitrogens with zero attached hydrogens (tertiary/aromatic N) is 2. The van der Waals surface area contributed by atoms with Gasteiger partial charge < -0.3 is 14.4 Å². The topological polar surface area (TPSA) is 42.0 Å². The van der Waals surface area contributed by atoms with Gasteiger partial charge in [0.2, 0.25) is 5.91 Å². The van der Waals surface area contributed by atoms with Crippen molar-refractivity contribution in [3.63, 3.8) is 0 Å². The van der Waals surface area contributed by atoms with Gasteiger partial charge in [-0.05, 0) is 24.6 Å². The Balaban J connectivity index is 1.78. The van der Waals surface area contributed by atoms with E-state index in [2.05, 4.69) is 17.0 Å². The van der Waals surface area contributed by atoms with E-state index in [0.717, 1.165) is 18.8 Å². The highest BCUT2D eigenvalue weighted by Crippen LogP contribution is 2.34. The highest BCUT2D eigenvalue weighted by atomic mass is 16.5. The second-order valence-electron chi connectivity index (χ2n) is 6.16. The van der Waals surface area contributed by atoms with Crippen LogP contribution in [0, 0.1) is 0 Å². The second kappa shape index (κ2) is 7.57. The average molecular weight is 340 g/mol. The molecule has 1 heterocycles. The van der Waals surface area contributed by atoms with Crippen LogP contribution in [-0.4, -0.2) is 44.2 Å². The molecular formula is C20H24N2O3. The molecule has 0 aliphatic carbocycles. The number of rotatable bonds is 5. The first-order valence-electron chi connectivity index (χ1n) is 8.45. The Bertz CT molecular complexity index is 733. The van der Waals surface area contributed by atoms with Gasteiger partial charge in [0.15, 0.2) is 0 Å². The van der Waals surface area contributed by atoms with Crippen molar-refractivity contribution < 1.29 is 14.3 Å². The Morgan fingerprint density at radius 3 is 2.48 bits per heavy atom. The number of hydrogen-bond donors (Lipinski definition) is 0.